The van der Waals surface area contributed by atoms with E-state index in [1.165, 1.54) is 6.26 Å². The lowest BCUT2D eigenvalue weighted by atomic mass is 10.0. The zero-order chi connectivity index (χ0) is 13.1. The molecular formula is C12H11Cl3N2O. The van der Waals surface area contributed by atoms with Gasteiger partial charge in [0.25, 0.3) is 0 Å². The van der Waals surface area contributed by atoms with Crippen LogP contribution < -0.4 is 11.3 Å². The first-order valence-electron chi connectivity index (χ1n) is 5.25. The molecule has 0 aliphatic carbocycles. The van der Waals surface area contributed by atoms with E-state index in [2.05, 4.69) is 5.43 Å². The van der Waals surface area contributed by atoms with Gasteiger partial charge in [-0.2, -0.15) is 0 Å². The highest BCUT2D eigenvalue weighted by atomic mass is 35.5. The fraction of sp³-hybridized carbons (Fsp3) is 0.167. The van der Waals surface area contributed by atoms with Crippen molar-refractivity contribution in [3.05, 3.63) is 56.9 Å². The molecule has 1 aromatic heterocycles. The maximum absolute atomic E-state index is 6.14. The zero-order valence-corrected chi connectivity index (χ0v) is 11.6. The number of nitrogens with one attached hydrogen (secondary N) is 1. The Morgan fingerprint density at radius 1 is 1.22 bits per heavy atom. The molecular weight excluding hydrogens is 295 g/mol. The van der Waals surface area contributed by atoms with Crippen molar-refractivity contribution >= 4 is 34.8 Å². The summed E-state index contributed by atoms with van der Waals surface area (Å²) in [4.78, 5) is 0. The lowest BCUT2D eigenvalue weighted by Gasteiger charge is -2.16. The van der Waals surface area contributed by atoms with E-state index in [1.54, 1.807) is 12.1 Å². The van der Waals surface area contributed by atoms with Gasteiger partial charge in [-0.25, -0.2) is 0 Å². The first kappa shape index (κ1) is 13.7. The fourth-order valence-electron chi connectivity index (χ4n) is 1.74. The van der Waals surface area contributed by atoms with Crippen LogP contribution in [0, 0.1) is 0 Å². The number of hydrogen-bond acceptors (Lipinski definition) is 3. The van der Waals surface area contributed by atoms with Gasteiger partial charge in [0.1, 0.15) is 0 Å². The van der Waals surface area contributed by atoms with E-state index in [-0.39, 0.29) is 6.04 Å². The molecule has 2 rings (SSSR count). The Hall–Kier alpha value is -0.710. The Balaban J connectivity index is 2.26. The third-order valence-corrected chi connectivity index (χ3v) is 3.84. The fourth-order valence-corrected chi connectivity index (χ4v) is 2.38. The summed E-state index contributed by atoms with van der Waals surface area (Å²) < 4.78 is 5.05. The number of benzene rings is 1. The Morgan fingerprint density at radius 3 is 2.61 bits per heavy atom. The van der Waals surface area contributed by atoms with E-state index < -0.39 is 0 Å². The number of rotatable bonds is 4. The molecule has 0 spiro atoms. The van der Waals surface area contributed by atoms with E-state index in [1.807, 2.05) is 12.1 Å². The second kappa shape index (κ2) is 5.95. The molecule has 0 radical (unpaired) electrons. The normalized spacial score (nSPS) is 12.7. The molecule has 0 saturated heterocycles. The van der Waals surface area contributed by atoms with Crippen LogP contribution in [0.1, 0.15) is 17.2 Å². The highest BCUT2D eigenvalue weighted by Crippen LogP contribution is 2.31. The van der Waals surface area contributed by atoms with Crippen LogP contribution in [0.25, 0.3) is 0 Å². The van der Waals surface area contributed by atoms with Gasteiger partial charge in [0.2, 0.25) is 0 Å². The van der Waals surface area contributed by atoms with Gasteiger partial charge in [-0.1, -0.05) is 35.3 Å². The molecule has 3 nitrogen and oxygen atoms in total. The van der Waals surface area contributed by atoms with Crippen LogP contribution >= 0.6 is 34.8 Å². The predicted octanol–water partition coefficient (Wildman–Crippen LogP) is 3.99. The zero-order valence-electron chi connectivity index (χ0n) is 9.29. The second-order valence-corrected chi connectivity index (χ2v) is 4.91. The maximum atomic E-state index is 6.14. The Morgan fingerprint density at radius 2 is 2.00 bits per heavy atom. The molecule has 1 aromatic carbocycles. The van der Waals surface area contributed by atoms with E-state index in [0.717, 1.165) is 11.1 Å². The summed E-state index contributed by atoms with van der Waals surface area (Å²) in [6.07, 6.45) is 2.08. The minimum atomic E-state index is -0.188. The van der Waals surface area contributed by atoms with Gasteiger partial charge in [-0.15, -0.1) is 0 Å². The molecule has 0 amide bonds. The van der Waals surface area contributed by atoms with Crippen molar-refractivity contribution in [2.24, 2.45) is 5.84 Å². The molecule has 2 aromatic rings. The van der Waals surface area contributed by atoms with Crippen molar-refractivity contribution < 1.29 is 4.42 Å². The monoisotopic (exact) mass is 304 g/mol. The van der Waals surface area contributed by atoms with E-state index >= 15 is 0 Å². The topological polar surface area (TPSA) is 51.2 Å². The third kappa shape index (κ3) is 2.82. The van der Waals surface area contributed by atoms with Gasteiger partial charge >= 0.3 is 0 Å². The van der Waals surface area contributed by atoms with Crippen molar-refractivity contribution in [1.29, 1.82) is 0 Å². The van der Waals surface area contributed by atoms with E-state index in [0.29, 0.717) is 21.7 Å². The lowest BCUT2D eigenvalue weighted by Crippen LogP contribution is -2.29. The molecule has 0 aliphatic rings. The van der Waals surface area contributed by atoms with Crippen molar-refractivity contribution in [2.45, 2.75) is 12.5 Å². The van der Waals surface area contributed by atoms with Gasteiger partial charge < -0.3 is 4.42 Å². The summed E-state index contributed by atoms with van der Waals surface area (Å²) in [5.41, 5.74) is 4.37. The number of hydrazine groups is 1. The summed E-state index contributed by atoms with van der Waals surface area (Å²) in [7, 11) is 0. The molecule has 3 N–H and O–H groups in total. The largest absolute Gasteiger partial charge is 0.453 e. The standard InChI is InChI=1S/C12H11Cl3N2O/c13-9-3-1-2-7(11(9)14)6-10(17-16)8-4-5-18-12(8)15/h1-5,10,17H,6,16H2. The average Bonchev–Trinajstić information content (AvgIpc) is 2.77. The summed E-state index contributed by atoms with van der Waals surface area (Å²) in [6, 6.07) is 7.06. The van der Waals surface area contributed by atoms with Crippen LogP contribution in [0.2, 0.25) is 15.3 Å². The van der Waals surface area contributed by atoms with Crippen molar-refractivity contribution in [3.63, 3.8) is 0 Å². The highest BCUT2D eigenvalue weighted by Gasteiger charge is 2.18. The van der Waals surface area contributed by atoms with Crippen LogP contribution in [-0.2, 0) is 6.42 Å². The molecule has 96 valence electrons. The van der Waals surface area contributed by atoms with Crippen LogP contribution in [0.5, 0.6) is 0 Å². The predicted molar refractivity (Wildman–Crippen MR) is 73.9 cm³/mol. The molecule has 0 fully saturated rings. The second-order valence-electron chi connectivity index (χ2n) is 3.79. The smallest absolute Gasteiger partial charge is 0.197 e. The van der Waals surface area contributed by atoms with Crippen LogP contribution in [0.3, 0.4) is 0 Å². The number of hydrogen-bond donors (Lipinski definition) is 2. The number of halogens is 3. The SMILES string of the molecule is NNC(Cc1cccc(Cl)c1Cl)c1ccoc1Cl. The Bertz CT molecular complexity index is 542. The van der Waals surface area contributed by atoms with E-state index in [9.17, 15) is 0 Å². The van der Waals surface area contributed by atoms with Crippen molar-refractivity contribution in [3.8, 4) is 0 Å². The van der Waals surface area contributed by atoms with Crippen LogP contribution in [0.4, 0.5) is 0 Å². The molecule has 18 heavy (non-hydrogen) atoms. The van der Waals surface area contributed by atoms with Crippen LogP contribution in [-0.4, -0.2) is 0 Å². The summed E-state index contributed by atoms with van der Waals surface area (Å²) in [6.45, 7) is 0. The van der Waals surface area contributed by atoms with Crippen molar-refractivity contribution in [2.75, 3.05) is 0 Å². The minimum Gasteiger partial charge on any atom is -0.453 e. The molecule has 0 aliphatic heterocycles. The summed E-state index contributed by atoms with van der Waals surface area (Å²) in [5.74, 6) is 5.54. The molecule has 0 bridgehead atoms. The van der Waals surface area contributed by atoms with Gasteiger partial charge in [-0.3, -0.25) is 11.3 Å². The first-order valence-corrected chi connectivity index (χ1v) is 6.38. The highest BCUT2D eigenvalue weighted by molar-refractivity contribution is 6.42. The number of furan rings is 1. The quantitative estimate of drug-likeness (QED) is 0.663. The maximum Gasteiger partial charge on any atom is 0.197 e. The first-order chi connectivity index (χ1) is 8.63. The molecule has 1 heterocycles. The van der Waals surface area contributed by atoms with Crippen LogP contribution in [0.15, 0.2) is 34.9 Å². The Kier molecular flexibility index (Phi) is 4.54. The number of nitrogens with two attached hydrogens (primary N) is 1. The van der Waals surface area contributed by atoms with Crippen molar-refractivity contribution in [1.82, 2.24) is 5.43 Å². The average molecular weight is 306 g/mol. The third-order valence-electron chi connectivity index (χ3n) is 2.68. The van der Waals surface area contributed by atoms with E-state index in [4.69, 9.17) is 45.1 Å². The lowest BCUT2D eigenvalue weighted by molar-refractivity contribution is 0.527. The van der Waals surface area contributed by atoms with Gasteiger partial charge in [-0.05, 0) is 35.7 Å². The van der Waals surface area contributed by atoms with Gasteiger partial charge in [0.15, 0.2) is 5.22 Å². The van der Waals surface area contributed by atoms with Gasteiger partial charge in [0, 0.05) is 5.56 Å². The summed E-state index contributed by atoms with van der Waals surface area (Å²) in [5, 5.41) is 1.36. The molecule has 1 atom stereocenters. The molecule has 1 unspecified atom stereocenters. The van der Waals surface area contributed by atoms with Gasteiger partial charge in [0.05, 0.1) is 22.4 Å². The summed E-state index contributed by atoms with van der Waals surface area (Å²) >= 11 is 18.0. The Labute approximate surface area is 120 Å². The molecule has 0 saturated carbocycles. The minimum absolute atomic E-state index is 0.188. The molecule has 6 heteroatoms.